The summed E-state index contributed by atoms with van der Waals surface area (Å²) in [5, 5.41) is 9.11. The normalized spacial score (nSPS) is 20.6. The van der Waals surface area contributed by atoms with Crippen molar-refractivity contribution in [1.29, 1.82) is 0 Å². The Balaban J connectivity index is 1.46. The fourth-order valence-corrected chi connectivity index (χ4v) is 6.03. The molecule has 6 nitrogen and oxygen atoms in total. The minimum atomic E-state index is -3.87. The van der Waals surface area contributed by atoms with E-state index in [9.17, 15) is 17.6 Å². The van der Waals surface area contributed by atoms with Crippen LogP contribution in [0.1, 0.15) is 34.3 Å². The van der Waals surface area contributed by atoms with Crippen LogP contribution in [-0.2, 0) is 23.0 Å². The fraction of sp³-hybridized carbons (Fsp3) is 0.409. The number of carbonyl (C=O) groups is 1. The molecule has 2 aliphatic rings. The average Bonchev–Trinajstić information content (AvgIpc) is 2.74. The van der Waals surface area contributed by atoms with E-state index in [1.165, 1.54) is 15.4 Å². The molecule has 0 spiro atoms. The molecule has 0 radical (unpaired) electrons. The minimum Gasteiger partial charge on any atom is -0.478 e. The smallest absolute Gasteiger partial charge is 0.338 e. The van der Waals surface area contributed by atoms with Gasteiger partial charge in [0.2, 0.25) is 10.0 Å². The molecule has 1 fully saturated rings. The van der Waals surface area contributed by atoms with Crippen LogP contribution in [0.3, 0.4) is 0 Å². The van der Waals surface area contributed by atoms with E-state index in [1.54, 1.807) is 0 Å². The number of rotatable bonds is 5. The molecule has 2 heterocycles. The molecule has 2 aromatic rings. The van der Waals surface area contributed by atoms with E-state index in [-0.39, 0.29) is 10.8 Å². The maximum Gasteiger partial charge on any atom is 0.338 e. The summed E-state index contributed by atoms with van der Waals surface area (Å²) in [6.45, 7) is 3.44. The maximum absolute atomic E-state index is 13.7. The van der Waals surface area contributed by atoms with Crippen molar-refractivity contribution in [2.75, 3.05) is 26.2 Å². The molecule has 1 unspecified atom stereocenters. The Hall–Kier alpha value is -2.29. The molecule has 0 bridgehead atoms. The van der Waals surface area contributed by atoms with Crippen LogP contribution in [0.5, 0.6) is 0 Å². The number of carboxylic acids is 1. The highest BCUT2D eigenvalue weighted by Crippen LogP contribution is 2.27. The number of piperidine rings is 1. The summed E-state index contributed by atoms with van der Waals surface area (Å²) in [4.78, 5) is 13.4. The zero-order valence-electron chi connectivity index (χ0n) is 16.6. The van der Waals surface area contributed by atoms with Crippen LogP contribution in [-0.4, -0.2) is 54.9 Å². The quantitative estimate of drug-likeness (QED) is 0.786. The first-order valence-corrected chi connectivity index (χ1v) is 11.6. The number of halogens is 1. The number of benzene rings is 2. The van der Waals surface area contributed by atoms with E-state index < -0.39 is 27.4 Å². The number of aromatic carboxylic acids is 1. The molecular formula is C22H25FN2O4S. The molecule has 30 heavy (non-hydrogen) atoms. The Labute approximate surface area is 176 Å². The molecule has 1 N–H and O–H groups in total. The SMILES string of the molecule is O=C(O)c1cc(S(=O)(=O)N2CCCC(CN3CCc4ccccc4C3)C2)ccc1F. The van der Waals surface area contributed by atoms with Crippen LogP contribution in [0.25, 0.3) is 0 Å². The Morgan fingerprint density at radius 1 is 1.13 bits per heavy atom. The summed E-state index contributed by atoms with van der Waals surface area (Å²) < 4.78 is 41.2. The number of nitrogens with zero attached hydrogens (tertiary/aromatic N) is 2. The van der Waals surface area contributed by atoms with Crippen molar-refractivity contribution in [2.24, 2.45) is 5.92 Å². The summed E-state index contributed by atoms with van der Waals surface area (Å²) in [6.07, 6.45) is 2.70. The van der Waals surface area contributed by atoms with Gasteiger partial charge < -0.3 is 5.11 Å². The van der Waals surface area contributed by atoms with Crippen LogP contribution in [0.4, 0.5) is 4.39 Å². The molecule has 160 valence electrons. The Morgan fingerprint density at radius 3 is 2.67 bits per heavy atom. The van der Waals surface area contributed by atoms with Crippen LogP contribution in [0.15, 0.2) is 47.4 Å². The molecule has 2 aliphatic heterocycles. The number of sulfonamides is 1. The lowest BCUT2D eigenvalue weighted by molar-refractivity contribution is 0.0691. The van der Waals surface area contributed by atoms with Crippen LogP contribution in [0, 0.1) is 11.7 Å². The molecule has 0 saturated carbocycles. The molecule has 8 heteroatoms. The van der Waals surface area contributed by atoms with Gasteiger partial charge in [0.25, 0.3) is 0 Å². The summed E-state index contributed by atoms with van der Waals surface area (Å²) in [7, 11) is -3.87. The van der Waals surface area contributed by atoms with E-state index in [0.717, 1.165) is 57.1 Å². The second kappa shape index (κ2) is 8.45. The number of fused-ring (bicyclic) bond motifs is 1. The van der Waals surface area contributed by atoms with Gasteiger partial charge >= 0.3 is 5.97 Å². The zero-order valence-corrected chi connectivity index (χ0v) is 17.4. The van der Waals surface area contributed by atoms with Gasteiger partial charge in [0, 0.05) is 32.7 Å². The molecule has 1 atom stereocenters. The monoisotopic (exact) mass is 432 g/mol. The van der Waals surface area contributed by atoms with Crippen LogP contribution in [0.2, 0.25) is 0 Å². The predicted octanol–water partition coefficient (Wildman–Crippen LogP) is 2.98. The first-order chi connectivity index (χ1) is 14.3. The number of hydrogen-bond acceptors (Lipinski definition) is 4. The van der Waals surface area contributed by atoms with Crippen molar-refractivity contribution < 1.29 is 22.7 Å². The van der Waals surface area contributed by atoms with Crippen LogP contribution < -0.4 is 0 Å². The Morgan fingerprint density at radius 2 is 1.90 bits per heavy atom. The largest absolute Gasteiger partial charge is 0.478 e. The summed E-state index contributed by atoms with van der Waals surface area (Å²) in [5.41, 5.74) is 2.08. The lowest BCUT2D eigenvalue weighted by Crippen LogP contribution is -2.44. The molecule has 4 rings (SSSR count). The third-order valence-corrected chi connectivity index (χ3v) is 7.87. The molecule has 1 saturated heterocycles. The fourth-order valence-electron chi connectivity index (χ4n) is 4.45. The van der Waals surface area contributed by atoms with Crippen molar-refractivity contribution in [3.05, 3.63) is 65.0 Å². The lowest BCUT2D eigenvalue weighted by Gasteiger charge is -2.36. The highest BCUT2D eigenvalue weighted by Gasteiger charge is 2.32. The summed E-state index contributed by atoms with van der Waals surface area (Å²) in [6, 6.07) is 11.4. The van der Waals surface area contributed by atoms with E-state index in [2.05, 4.69) is 23.1 Å². The van der Waals surface area contributed by atoms with Gasteiger partial charge in [0.05, 0.1) is 10.5 Å². The standard InChI is InChI=1S/C22H25FN2O4S/c23-21-8-7-19(12-20(21)22(26)27)30(28,29)25-10-3-4-16(14-25)13-24-11-9-17-5-1-2-6-18(17)15-24/h1-2,5-8,12,16H,3-4,9-11,13-15H2,(H,26,27). The van der Waals surface area contributed by atoms with E-state index >= 15 is 0 Å². The van der Waals surface area contributed by atoms with Gasteiger partial charge in [-0.2, -0.15) is 4.31 Å². The van der Waals surface area contributed by atoms with E-state index in [4.69, 9.17) is 5.11 Å². The highest BCUT2D eigenvalue weighted by molar-refractivity contribution is 7.89. The summed E-state index contributed by atoms with van der Waals surface area (Å²) in [5.74, 6) is -2.21. The molecule has 0 amide bonds. The van der Waals surface area contributed by atoms with Gasteiger partial charge in [-0.1, -0.05) is 24.3 Å². The highest BCUT2D eigenvalue weighted by atomic mass is 32.2. The van der Waals surface area contributed by atoms with Crippen molar-refractivity contribution in [3.63, 3.8) is 0 Å². The van der Waals surface area contributed by atoms with Gasteiger partial charge in [0.15, 0.2) is 0 Å². The van der Waals surface area contributed by atoms with Crippen LogP contribution >= 0.6 is 0 Å². The predicted molar refractivity (Wildman–Crippen MR) is 110 cm³/mol. The topological polar surface area (TPSA) is 77.9 Å². The third-order valence-electron chi connectivity index (χ3n) is 6.01. The van der Waals surface area contributed by atoms with Gasteiger partial charge in [0.1, 0.15) is 5.82 Å². The molecule has 0 aliphatic carbocycles. The maximum atomic E-state index is 13.7. The number of carboxylic acid groups (broad SMARTS) is 1. The molecule has 0 aromatic heterocycles. The van der Waals surface area contributed by atoms with E-state index in [0.29, 0.717) is 13.1 Å². The van der Waals surface area contributed by atoms with Gasteiger partial charge in [-0.3, -0.25) is 4.90 Å². The third kappa shape index (κ3) is 4.26. The van der Waals surface area contributed by atoms with Gasteiger partial charge in [-0.15, -0.1) is 0 Å². The molecular weight excluding hydrogens is 407 g/mol. The Kier molecular flexibility index (Phi) is 5.90. The van der Waals surface area contributed by atoms with Gasteiger partial charge in [-0.25, -0.2) is 17.6 Å². The molecule has 2 aromatic carbocycles. The average molecular weight is 433 g/mol. The van der Waals surface area contributed by atoms with Crippen molar-refractivity contribution in [2.45, 2.75) is 30.7 Å². The Bertz CT molecular complexity index is 1060. The van der Waals surface area contributed by atoms with Gasteiger partial charge in [-0.05, 0) is 54.5 Å². The second-order valence-corrected chi connectivity index (χ2v) is 10.0. The lowest BCUT2D eigenvalue weighted by atomic mass is 9.95. The number of hydrogen-bond donors (Lipinski definition) is 1. The first kappa shape index (κ1) is 21.0. The first-order valence-electron chi connectivity index (χ1n) is 10.2. The summed E-state index contributed by atoms with van der Waals surface area (Å²) >= 11 is 0. The van der Waals surface area contributed by atoms with E-state index in [1.807, 2.05) is 6.07 Å². The van der Waals surface area contributed by atoms with Crippen molar-refractivity contribution >= 4 is 16.0 Å². The minimum absolute atomic E-state index is 0.172. The van der Waals surface area contributed by atoms with Crippen molar-refractivity contribution in [3.8, 4) is 0 Å². The zero-order chi connectivity index (χ0) is 21.3. The van der Waals surface area contributed by atoms with Crippen molar-refractivity contribution in [1.82, 2.24) is 9.21 Å². The second-order valence-electron chi connectivity index (χ2n) is 8.07.